The van der Waals surface area contributed by atoms with Gasteiger partial charge in [-0.2, -0.15) is 0 Å². The number of nitrogens with zero attached hydrogens (tertiary/aromatic N) is 1. The van der Waals surface area contributed by atoms with Crippen LogP contribution in [0, 0.1) is 5.92 Å². The highest BCUT2D eigenvalue weighted by atomic mass is 16.1. The van der Waals surface area contributed by atoms with Crippen LogP contribution in [0.5, 0.6) is 0 Å². The predicted molar refractivity (Wildman–Crippen MR) is 47.4 cm³/mol. The average Bonchev–Trinajstić information content (AvgIpc) is 1.97. The summed E-state index contributed by atoms with van der Waals surface area (Å²) in [6.45, 7) is 3.67. The Hall–Kier alpha value is -0.610. The quantitative estimate of drug-likeness (QED) is 0.580. The van der Waals surface area contributed by atoms with E-state index in [1.807, 2.05) is 14.0 Å². The Morgan fingerprint density at radius 2 is 2.17 bits per heavy atom. The number of hydrogen-bond donors (Lipinski definition) is 2. The summed E-state index contributed by atoms with van der Waals surface area (Å²) in [5.74, 6) is -0.131. The third-order valence-electron chi connectivity index (χ3n) is 2.84. The first-order valence-corrected chi connectivity index (χ1v) is 4.28. The number of nitrogens with two attached hydrogens (primary N) is 2. The minimum Gasteiger partial charge on any atom is -0.368 e. The highest BCUT2D eigenvalue weighted by Gasteiger charge is 2.44. The van der Waals surface area contributed by atoms with Crippen LogP contribution in [-0.2, 0) is 4.79 Å². The van der Waals surface area contributed by atoms with E-state index in [2.05, 4.69) is 4.90 Å². The van der Waals surface area contributed by atoms with Gasteiger partial charge in [0, 0.05) is 19.0 Å². The van der Waals surface area contributed by atoms with Gasteiger partial charge in [-0.3, -0.25) is 4.79 Å². The summed E-state index contributed by atoms with van der Waals surface area (Å²) in [7, 11) is 2.01. The predicted octanol–water partition coefficient (Wildman–Crippen LogP) is -0.859. The second-order valence-electron chi connectivity index (χ2n) is 3.68. The molecule has 1 aliphatic heterocycles. The Morgan fingerprint density at radius 3 is 2.42 bits per heavy atom. The van der Waals surface area contributed by atoms with E-state index in [9.17, 15) is 4.79 Å². The molecule has 70 valence electrons. The normalized spacial score (nSPS) is 24.6. The van der Waals surface area contributed by atoms with Crippen LogP contribution in [0.3, 0.4) is 0 Å². The minimum absolute atomic E-state index is 0.241. The second kappa shape index (κ2) is 3.03. The minimum atomic E-state index is -0.785. The second-order valence-corrected chi connectivity index (χ2v) is 3.68. The summed E-state index contributed by atoms with van der Waals surface area (Å²) in [6.07, 6.45) is 0.626. The molecule has 1 saturated heterocycles. The van der Waals surface area contributed by atoms with Gasteiger partial charge < -0.3 is 16.4 Å². The maximum atomic E-state index is 11.1. The zero-order chi connectivity index (χ0) is 9.35. The lowest BCUT2D eigenvalue weighted by atomic mass is 9.77. The molecule has 1 heterocycles. The first-order valence-electron chi connectivity index (χ1n) is 4.28. The molecule has 0 saturated carbocycles. The number of primary amides is 1. The van der Waals surface area contributed by atoms with Crippen molar-refractivity contribution in [1.29, 1.82) is 0 Å². The topological polar surface area (TPSA) is 72.3 Å². The summed E-state index contributed by atoms with van der Waals surface area (Å²) in [5, 5.41) is 0. The standard InChI is InChI=1S/C8H17N3O/c1-3-8(10,7(9)12)6-4-11(2)5-6/h6H,3-5,10H2,1-2H3,(H2,9,12). The van der Waals surface area contributed by atoms with Crippen LogP contribution < -0.4 is 11.5 Å². The van der Waals surface area contributed by atoms with Gasteiger partial charge in [-0.1, -0.05) is 6.92 Å². The van der Waals surface area contributed by atoms with Crippen molar-refractivity contribution in [3.8, 4) is 0 Å². The zero-order valence-corrected chi connectivity index (χ0v) is 7.71. The third kappa shape index (κ3) is 1.32. The highest BCUT2D eigenvalue weighted by molar-refractivity contribution is 5.85. The van der Waals surface area contributed by atoms with Gasteiger partial charge in [-0.15, -0.1) is 0 Å². The molecule has 0 aromatic carbocycles. The van der Waals surface area contributed by atoms with Crippen LogP contribution in [0.1, 0.15) is 13.3 Å². The Balaban J connectivity index is 2.62. The molecule has 0 radical (unpaired) electrons. The molecule has 0 aromatic rings. The number of carbonyl (C=O) groups excluding carboxylic acids is 1. The van der Waals surface area contributed by atoms with Crippen molar-refractivity contribution >= 4 is 5.91 Å². The summed E-state index contributed by atoms with van der Waals surface area (Å²) in [5.41, 5.74) is 10.4. The third-order valence-corrected chi connectivity index (χ3v) is 2.84. The van der Waals surface area contributed by atoms with Crippen LogP contribution in [0.25, 0.3) is 0 Å². The van der Waals surface area contributed by atoms with E-state index in [1.54, 1.807) is 0 Å². The van der Waals surface area contributed by atoms with E-state index >= 15 is 0 Å². The summed E-state index contributed by atoms with van der Waals surface area (Å²) in [4.78, 5) is 13.2. The van der Waals surface area contributed by atoms with Gasteiger partial charge >= 0.3 is 0 Å². The van der Waals surface area contributed by atoms with E-state index in [-0.39, 0.29) is 11.8 Å². The maximum Gasteiger partial charge on any atom is 0.237 e. The van der Waals surface area contributed by atoms with Gasteiger partial charge in [0.1, 0.15) is 5.54 Å². The maximum absolute atomic E-state index is 11.1. The molecule has 1 rings (SSSR count). The van der Waals surface area contributed by atoms with Gasteiger partial charge in [-0.25, -0.2) is 0 Å². The lowest BCUT2D eigenvalue weighted by Gasteiger charge is -2.45. The average molecular weight is 171 g/mol. The van der Waals surface area contributed by atoms with Crippen molar-refractivity contribution in [1.82, 2.24) is 4.90 Å². The van der Waals surface area contributed by atoms with E-state index in [4.69, 9.17) is 11.5 Å². The molecule has 4 heteroatoms. The number of likely N-dealkylation sites (tertiary alicyclic amines) is 1. The van der Waals surface area contributed by atoms with Crippen LogP contribution in [0.15, 0.2) is 0 Å². The van der Waals surface area contributed by atoms with Crippen molar-refractivity contribution in [2.24, 2.45) is 17.4 Å². The molecule has 0 aromatic heterocycles. The number of rotatable bonds is 3. The Bertz CT molecular complexity index is 189. The van der Waals surface area contributed by atoms with Crippen LogP contribution >= 0.6 is 0 Å². The molecule has 12 heavy (non-hydrogen) atoms. The number of carbonyl (C=O) groups is 1. The van der Waals surface area contributed by atoms with Crippen molar-refractivity contribution in [2.45, 2.75) is 18.9 Å². The lowest BCUT2D eigenvalue weighted by Crippen LogP contribution is -2.66. The van der Waals surface area contributed by atoms with Gasteiger partial charge in [0.05, 0.1) is 0 Å². The van der Waals surface area contributed by atoms with Crippen molar-refractivity contribution in [3.63, 3.8) is 0 Å². The Morgan fingerprint density at radius 1 is 1.67 bits per heavy atom. The van der Waals surface area contributed by atoms with Gasteiger partial charge in [-0.05, 0) is 13.5 Å². The molecule has 4 N–H and O–H groups in total. The zero-order valence-electron chi connectivity index (χ0n) is 7.71. The van der Waals surface area contributed by atoms with Gasteiger partial charge in [0.25, 0.3) is 0 Å². The SMILES string of the molecule is CCC(N)(C(N)=O)C1CN(C)C1. The molecule has 0 aliphatic carbocycles. The number of amides is 1. The molecule has 1 atom stereocenters. The molecule has 0 bridgehead atoms. The van der Waals surface area contributed by atoms with Crippen LogP contribution in [0.2, 0.25) is 0 Å². The van der Waals surface area contributed by atoms with Crippen LogP contribution in [-0.4, -0.2) is 36.5 Å². The van der Waals surface area contributed by atoms with Crippen molar-refractivity contribution in [2.75, 3.05) is 20.1 Å². The molecule has 1 fully saturated rings. The lowest BCUT2D eigenvalue weighted by molar-refractivity contribution is -0.127. The molecule has 4 nitrogen and oxygen atoms in total. The molecule has 1 amide bonds. The fraction of sp³-hybridized carbons (Fsp3) is 0.875. The molecular formula is C8H17N3O. The van der Waals surface area contributed by atoms with E-state index in [1.165, 1.54) is 0 Å². The highest BCUT2D eigenvalue weighted by Crippen LogP contribution is 2.26. The molecule has 1 aliphatic rings. The molecule has 1 unspecified atom stereocenters. The van der Waals surface area contributed by atoms with E-state index in [0.29, 0.717) is 6.42 Å². The summed E-state index contributed by atoms with van der Waals surface area (Å²) < 4.78 is 0. The van der Waals surface area contributed by atoms with Gasteiger partial charge in [0.15, 0.2) is 0 Å². The monoisotopic (exact) mass is 171 g/mol. The Labute approximate surface area is 72.9 Å². The number of hydrogen-bond acceptors (Lipinski definition) is 3. The fourth-order valence-electron chi connectivity index (χ4n) is 1.69. The van der Waals surface area contributed by atoms with Crippen molar-refractivity contribution < 1.29 is 4.79 Å². The van der Waals surface area contributed by atoms with Crippen LogP contribution in [0.4, 0.5) is 0 Å². The smallest absolute Gasteiger partial charge is 0.237 e. The molecular weight excluding hydrogens is 154 g/mol. The fourth-order valence-corrected chi connectivity index (χ4v) is 1.69. The van der Waals surface area contributed by atoms with Crippen molar-refractivity contribution in [3.05, 3.63) is 0 Å². The van der Waals surface area contributed by atoms with Gasteiger partial charge in [0.2, 0.25) is 5.91 Å². The largest absolute Gasteiger partial charge is 0.368 e. The van der Waals surface area contributed by atoms with E-state index < -0.39 is 5.54 Å². The summed E-state index contributed by atoms with van der Waals surface area (Å²) in [6, 6.07) is 0. The first-order chi connectivity index (χ1) is 5.50. The summed E-state index contributed by atoms with van der Waals surface area (Å²) >= 11 is 0. The van der Waals surface area contributed by atoms with E-state index in [0.717, 1.165) is 13.1 Å². The first kappa shape index (κ1) is 9.48. The Kier molecular flexibility index (Phi) is 2.39. The molecule has 0 spiro atoms.